The smallest absolute Gasteiger partial charge is 0.255 e. The number of amides is 2. The molecule has 2 heterocycles. The molecule has 1 fully saturated rings. The number of carbonyl (C=O) groups excluding carboxylic acids is 3. The van der Waals surface area contributed by atoms with Gasteiger partial charge in [-0.2, -0.15) is 0 Å². The lowest BCUT2D eigenvalue weighted by Crippen LogP contribution is -2.39. The van der Waals surface area contributed by atoms with Crippen LogP contribution in [0.4, 0.5) is 4.39 Å². The Hall–Kier alpha value is -3.45. The molecular formula is C30H37ClFN3O3. The Labute approximate surface area is 229 Å². The summed E-state index contributed by atoms with van der Waals surface area (Å²) >= 11 is 6.37. The second-order valence-electron chi connectivity index (χ2n) is 9.29. The van der Waals surface area contributed by atoms with Crippen LogP contribution in [-0.4, -0.2) is 59.6 Å². The molecular weight excluding hydrogens is 505 g/mol. The van der Waals surface area contributed by atoms with Gasteiger partial charge in [0.05, 0.1) is 10.6 Å². The Balaban J connectivity index is 0.000000490. The average Bonchev–Trinajstić information content (AvgIpc) is 3.33. The Bertz CT molecular complexity index is 1230. The minimum absolute atomic E-state index is 0.0569. The SMILES string of the molecule is C=CC.CC(=O)c1c[nH]c2cc(Cl)c(C(=O)N3CCC(Cc4ccc(F)cc4)CC3)cc12.CCN(C)C=O. The molecule has 1 N–H and O–H groups in total. The molecule has 1 aliphatic heterocycles. The van der Waals surface area contributed by atoms with E-state index in [-0.39, 0.29) is 17.5 Å². The Morgan fingerprint density at radius 3 is 2.29 bits per heavy atom. The highest BCUT2D eigenvalue weighted by Gasteiger charge is 2.26. The number of carbonyl (C=O) groups is 3. The van der Waals surface area contributed by atoms with Gasteiger partial charge in [-0.3, -0.25) is 14.4 Å². The third-order valence-electron chi connectivity index (χ3n) is 6.40. The van der Waals surface area contributed by atoms with E-state index < -0.39 is 0 Å². The largest absolute Gasteiger partial charge is 0.360 e. The van der Waals surface area contributed by atoms with E-state index in [0.29, 0.717) is 35.2 Å². The molecule has 38 heavy (non-hydrogen) atoms. The molecule has 1 aliphatic rings. The number of benzene rings is 2. The van der Waals surface area contributed by atoms with E-state index in [2.05, 4.69) is 11.6 Å². The molecule has 4 rings (SSSR count). The summed E-state index contributed by atoms with van der Waals surface area (Å²) in [4.78, 5) is 41.0. The summed E-state index contributed by atoms with van der Waals surface area (Å²) in [5.41, 5.74) is 2.85. The number of likely N-dealkylation sites (tertiary alicyclic amines) is 1. The van der Waals surface area contributed by atoms with Crippen molar-refractivity contribution < 1.29 is 18.8 Å². The first-order valence-corrected chi connectivity index (χ1v) is 13.1. The van der Waals surface area contributed by atoms with Crippen LogP contribution in [0.3, 0.4) is 0 Å². The topological polar surface area (TPSA) is 73.5 Å². The monoisotopic (exact) mass is 541 g/mol. The summed E-state index contributed by atoms with van der Waals surface area (Å²) < 4.78 is 13.1. The van der Waals surface area contributed by atoms with E-state index in [0.717, 1.165) is 48.7 Å². The lowest BCUT2D eigenvalue weighted by Gasteiger charge is -2.32. The minimum atomic E-state index is -0.224. The van der Waals surface area contributed by atoms with Crippen LogP contribution in [0, 0.1) is 11.7 Å². The summed E-state index contributed by atoms with van der Waals surface area (Å²) in [6, 6.07) is 10.1. The highest BCUT2D eigenvalue weighted by atomic mass is 35.5. The van der Waals surface area contributed by atoms with E-state index in [9.17, 15) is 18.8 Å². The molecule has 2 aromatic carbocycles. The Kier molecular flexibility index (Phi) is 12.2. The van der Waals surface area contributed by atoms with Crippen LogP contribution in [0.15, 0.2) is 55.3 Å². The number of H-pyrrole nitrogens is 1. The first kappa shape index (κ1) is 30.8. The van der Waals surface area contributed by atoms with Gasteiger partial charge in [0.15, 0.2) is 5.78 Å². The van der Waals surface area contributed by atoms with Crippen molar-refractivity contribution >= 4 is 40.6 Å². The van der Waals surface area contributed by atoms with Crippen molar-refractivity contribution in [3.8, 4) is 0 Å². The molecule has 2 amide bonds. The molecule has 0 spiro atoms. The van der Waals surface area contributed by atoms with Gasteiger partial charge in [-0.25, -0.2) is 4.39 Å². The number of fused-ring (bicyclic) bond motifs is 1. The van der Waals surface area contributed by atoms with E-state index in [1.54, 1.807) is 36.4 Å². The van der Waals surface area contributed by atoms with Crippen LogP contribution < -0.4 is 0 Å². The predicted octanol–water partition coefficient (Wildman–Crippen LogP) is 6.54. The number of hydrogen-bond donors (Lipinski definition) is 1. The maximum atomic E-state index is 13.1. The number of aromatic nitrogens is 1. The number of aromatic amines is 1. The molecule has 0 radical (unpaired) electrons. The zero-order chi connectivity index (χ0) is 28.2. The standard InChI is InChI=1S/C23H22ClFN2O2.C4H9NO.C3H6/c1-14(28)20-13-26-22-12-21(24)19(11-18(20)22)23(29)27-8-6-16(7-9-27)10-15-2-4-17(25)5-3-15;1-3-5(2)4-6;1-3-2/h2-5,11-13,16,26H,6-10H2,1H3;4H,3H2,1-2H3;3H,1H2,2H3. The van der Waals surface area contributed by atoms with Gasteiger partial charge >= 0.3 is 0 Å². The van der Waals surface area contributed by atoms with Gasteiger partial charge in [0.2, 0.25) is 6.41 Å². The van der Waals surface area contributed by atoms with Gasteiger partial charge in [-0.15, -0.1) is 6.58 Å². The summed E-state index contributed by atoms with van der Waals surface area (Å²) in [6.45, 7) is 10.8. The third-order valence-corrected chi connectivity index (χ3v) is 6.71. The van der Waals surface area contributed by atoms with Crippen LogP contribution >= 0.6 is 11.6 Å². The number of ketones is 1. The zero-order valence-corrected chi connectivity index (χ0v) is 23.4. The summed E-state index contributed by atoms with van der Waals surface area (Å²) in [5.74, 6) is 0.0845. The van der Waals surface area contributed by atoms with Crippen LogP contribution in [0.1, 0.15) is 59.9 Å². The number of allylic oxidation sites excluding steroid dienone is 1. The maximum absolute atomic E-state index is 13.1. The summed E-state index contributed by atoms with van der Waals surface area (Å²) in [6.07, 6.45) is 6.89. The van der Waals surface area contributed by atoms with E-state index in [4.69, 9.17) is 11.6 Å². The van der Waals surface area contributed by atoms with Crippen LogP contribution in [0.25, 0.3) is 10.9 Å². The molecule has 3 aromatic rings. The molecule has 0 aliphatic carbocycles. The second-order valence-corrected chi connectivity index (χ2v) is 9.70. The van der Waals surface area contributed by atoms with Crippen molar-refractivity contribution in [3.05, 3.63) is 82.8 Å². The molecule has 6 nitrogen and oxygen atoms in total. The second kappa shape index (κ2) is 15.1. The molecule has 0 saturated carbocycles. The van der Waals surface area contributed by atoms with Gasteiger partial charge in [-0.1, -0.05) is 29.8 Å². The predicted molar refractivity (Wildman–Crippen MR) is 152 cm³/mol. The number of piperidine rings is 1. The van der Waals surface area contributed by atoms with Crippen molar-refractivity contribution in [2.24, 2.45) is 5.92 Å². The molecule has 0 atom stereocenters. The fraction of sp³-hybridized carbons (Fsp3) is 0.367. The fourth-order valence-corrected chi connectivity index (χ4v) is 4.38. The number of Topliss-reactive ketones (excluding diaryl/α,β-unsaturated/α-hetero) is 1. The molecule has 0 bridgehead atoms. The Morgan fingerprint density at radius 1 is 1.18 bits per heavy atom. The number of nitrogens with zero attached hydrogens (tertiary/aromatic N) is 2. The number of hydrogen-bond acceptors (Lipinski definition) is 3. The van der Waals surface area contributed by atoms with E-state index in [1.807, 2.05) is 30.9 Å². The van der Waals surface area contributed by atoms with Crippen LogP contribution in [-0.2, 0) is 11.2 Å². The first-order chi connectivity index (χ1) is 18.1. The van der Waals surface area contributed by atoms with E-state index >= 15 is 0 Å². The lowest BCUT2D eigenvalue weighted by atomic mass is 9.90. The highest BCUT2D eigenvalue weighted by Crippen LogP contribution is 2.29. The van der Waals surface area contributed by atoms with Crippen molar-refractivity contribution in [2.75, 3.05) is 26.7 Å². The van der Waals surface area contributed by atoms with Gasteiger partial charge < -0.3 is 14.8 Å². The molecule has 204 valence electrons. The fourth-order valence-electron chi connectivity index (χ4n) is 4.14. The van der Waals surface area contributed by atoms with Crippen molar-refractivity contribution in [1.82, 2.24) is 14.8 Å². The third kappa shape index (κ3) is 8.55. The van der Waals surface area contributed by atoms with Crippen LogP contribution in [0.2, 0.25) is 5.02 Å². The first-order valence-electron chi connectivity index (χ1n) is 12.7. The van der Waals surface area contributed by atoms with Crippen LogP contribution in [0.5, 0.6) is 0 Å². The number of halogens is 2. The van der Waals surface area contributed by atoms with Gasteiger partial charge in [0.1, 0.15) is 5.82 Å². The zero-order valence-electron chi connectivity index (χ0n) is 22.6. The average molecular weight is 542 g/mol. The minimum Gasteiger partial charge on any atom is -0.360 e. The normalized spacial score (nSPS) is 13.1. The number of nitrogens with one attached hydrogen (secondary N) is 1. The van der Waals surface area contributed by atoms with Gasteiger partial charge in [-0.05, 0) is 75.8 Å². The van der Waals surface area contributed by atoms with Crippen molar-refractivity contribution in [2.45, 2.75) is 40.0 Å². The Morgan fingerprint density at radius 2 is 1.79 bits per heavy atom. The molecule has 1 saturated heterocycles. The molecule has 0 unspecified atom stereocenters. The maximum Gasteiger partial charge on any atom is 0.255 e. The molecule has 1 aromatic heterocycles. The summed E-state index contributed by atoms with van der Waals surface area (Å²) in [5, 5.41) is 1.10. The quantitative estimate of drug-likeness (QED) is 0.218. The highest BCUT2D eigenvalue weighted by molar-refractivity contribution is 6.35. The van der Waals surface area contributed by atoms with Crippen molar-refractivity contribution in [3.63, 3.8) is 0 Å². The van der Waals surface area contributed by atoms with E-state index in [1.165, 1.54) is 19.1 Å². The molecule has 8 heteroatoms. The van der Waals surface area contributed by atoms with Gasteiger partial charge in [0.25, 0.3) is 5.91 Å². The van der Waals surface area contributed by atoms with Gasteiger partial charge in [0, 0.05) is 49.3 Å². The van der Waals surface area contributed by atoms with Crippen molar-refractivity contribution in [1.29, 1.82) is 0 Å². The lowest BCUT2D eigenvalue weighted by molar-refractivity contribution is -0.116. The summed E-state index contributed by atoms with van der Waals surface area (Å²) in [7, 11) is 1.74. The number of rotatable bonds is 6.